The number of hydrogen-bond acceptors (Lipinski definition) is 4. The van der Waals surface area contributed by atoms with Crippen LogP contribution >= 0.6 is 0 Å². The molecule has 2 N–H and O–H groups in total. The first-order chi connectivity index (χ1) is 16.6. The standard InChI is InChI=1S/C28H22N2O4/c1-2-3-18-4-9-20(10-5-18)26-27(21-11-6-19(7-12-21)8-15-25(31)32)30-28(29-26)22-13-14-23-24(16-22)34-17-33-23/h2-16H,17H2,1H3,(H,29,30)(H,31,32)/b3-2+,15-8+. The molecule has 0 spiro atoms. The largest absolute Gasteiger partial charge is 0.478 e. The number of ether oxygens (including phenoxy) is 2. The van der Waals surface area contributed by atoms with Crippen LogP contribution in [-0.4, -0.2) is 27.8 Å². The average Bonchev–Trinajstić information content (AvgIpc) is 3.51. The van der Waals surface area contributed by atoms with Crippen LogP contribution in [0, 0.1) is 0 Å². The van der Waals surface area contributed by atoms with E-state index >= 15 is 0 Å². The number of H-pyrrole nitrogens is 1. The van der Waals surface area contributed by atoms with E-state index in [0.717, 1.165) is 56.9 Å². The van der Waals surface area contributed by atoms with Gasteiger partial charge in [0.25, 0.3) is 0 Å². The highest BCUT2D eigenvalue weighted by Gasteiger charge is 2.18. The molecule has 1 aliphatic rings. The molecular weight excluding hydrogens is 428 g/mol. The summed E-state index contributed by atoms with van der Waals surface area (Å²) in [4.78, 5) is 19.2. The second-order valence-electron chi connectivity index (χ2n) is 7.79. The lowest BCUT2D eigenvalue weighted by molar-refractivity contribution is -0.131. The van der Waals surface area contributed by atoms with Crippen LogP contribution in [0.2, 0.25) is 0 Å². The van der Waals surface area contributed by atoms with Gasteiger partial charge in [0.2, 0.25) is 6.79 Å². The van der Waals surface area contributed by atoms with Gasteiger partial charge in [0.05, 0.1) is 11.4 Å². The van der Waals surface area contributed by atoms with E-state index in [-0.39, 0.29) is 6.79 Å². The lowest BCUT2D eigenvalue weighted by atomic mass is 10.0. The molecule has 3 aromatic carbocycles. The number of nitrogens with one attached hydrogen (secondary N) is 1. The number of aliphatic carboxylic acids is 1. The van der Waals surface area contributed by atoms with Crippen molar-refractivity contribution in [3.8, 4) is 45.4 Å². The zero-order chi connectivity index (χ0) is 23.5. The molecule has 6 nitrogen and oxygen atoms in total. The summed E-state index contributed by atoms with van der Waals surface area (Å²) < 4.78 is 11.0. The van der Waals surface area contributed by atoms with Crippen LogP contribution in [0.3, 0.4) is 0 Å². The molecule has 1 aromatic heterocycles. The number of nitrogens with zero attached hydrogens (tertiary/aromatic N) is 1. The van der Waals surface area contributed by atoms with Crippen LogP contribution < -0.4 is 9.47 Å². The van der Waals surface area contributed by atoms with Gasteiger partial charge in [-0.05, 0) is 42.3 Å². The number of hydrogen-bond donors (Lipinski definition) is 2. The predicted molar refractivity (Wildman–Crippen MR) is 132 cm³/mol. The van der Waals surface area contributed by atoms with Crippen molar-refractivity contribution >= 4 is 18.1 Å². The number of carboxylic acid groups (broad SMARTS) is 1. The van der Waals surface area contributed by atoms with E-state index in [2.05, 4.69) is 35.3 Å². The summed E-state index contributed by atoms with van der Waals surface area (Å²) in [6.45, 7) is 2.21. The Bertz CT molecular complexity index is 1400. The zero-order valence-electron chi connectivity index (χ0n) is 18.5. The Labute approximate surface area is 196 Å². The topological polar surface area (TPSA) is 84.4 Å². The van der Waals surface area contributed by atoms with Crippen molar-refractivity contribution in [2.24, 2.45) is 0 Å². The number of aromatic amines is 1. The van der Waals surface area contributed by atoms with E-state index in [1.54, 1.807) is 6.08 Å². The lowest BCUT2D eigenvalue weighted by Gasteiger charge is -2.05. The summed E-state index contributed by atoms with van der Waals surface area (Å²) in [6.07, 6.45) is 6.75. The molecule has 34 heavy (non-hydrogen) atoms. The highest BCUT2D eigenvalue weighted by molar-refractivity contribution is 5.86. The summed E-state index contributed by atoms with van der Waals surface area (Å²) in [5.41, 5.74) is 6.45. The Hall–Kier alpha value is -4.58. The van der Waals surface area contributed by atoms with Crippen LogP contribution in [-0.2, 0) is 4.79 Å². The van der Waals surface area contributed by atoms with Gasteiger partial charge in [-0.3, -0.25) is 0 Å². The summed E-state index contributed by atoms with van der Waals surface area (Å²) in [6, 6.07) is 21.7. The minimum absolute atomic E-state index is 0.217. The van der Waals surface area contributed by atoms with E-state index in [1.807, 2.05) is 55.5 Å². The third-order valence-corrected chi connectivity index (χ3v) is 5.51. The number of carbonyl (C=O) groups is 1. The summed E-state index contributed by atoms with van der Waals surface area (Å²) in [5.74, 6) is 1.16. The van der Waals surface area contributed by atoms with E-state index in [9.17, 15) is 4.79 Å². The smallest absolute Gasteiger partial charge is 0.328 e. The normalized spacial score (nSPS) is 12.6. The van der Waals surface area contributed by atoms with Crippen LogP contribution in [0.4, 0.5) is 0 Å². The maximum absolute atomic E-state index is 10.8. The quantitative estimate of drug-likeness (QED) is 0.338. The highest BCUT2D eigenvalue weighted by Crippen LogP contribution is 2.38. The fourth-order valence-corrected chi connectivity index (χ4v) is 3.84. The fourth-order valence-electron chi connectivity index (χ4n) is 3.84. The van der Waals surface area contributed by atoms with Gasteiger partial charge in [0, 0.05) is 22.8 Å². The van der Waals surface area contributed by atoms with Crippen molar-refractivity contribution in [3.05, 3.63) is 90.0 Å². The number of imidazole rings is 1. The first-order valence-corrected chi connectivity index (χ1v) is 10.9. The van der Waals surface area contributed by atoms with Crippen molar-refractivity contribution < 1.29 is 19.4 Å². The molecule has 0 radical (unpaired) electrons. The Morgan fingerprint density at radius 1 is 0.882 bits per heavy atom. The molecule has 2 heterocycles. The Kier molecular flexibility index (Phi) is 5.70. The molecule has 4 aromatic rings. The Morgan fingerprint density at radius 3 is 2.24 bits per heavy atom. The summed E-state index contributed by atoms with van der Waals surface area (Å²) >= 11 is 0. The van der Waals surface area contributed by atoms with Crippen LogP contribution in [0.5, 0.6) is 11.5 Å². The number of allylic oxidation sites excluding steroid dienone is 1. The van der Waals surface area contributed by atoms with Crippen LogP contribution in [0.1, 0.15) is 18.1 Å². The first kappa shape index (κ1) is 21.3. The van der Waals surface area contributed by atoms with Gasteiger partial charge in [-0.25, -0.2) is 9.78 Å². The van der Waals surface area contributed by atoms with Crippen molar-refractivity contribution in [1.29, 1.82) is 0 Å². The van der Waals surface area contributed by atoms with E-state index in [1.165, 1.54) is 0 Å². The number of fused-ring (bicyclic) bond motifs is 1. The third kappa shape index (κ3) is 4.34. The van der Waals surface area contributed by atoms with E-state index in [4.69, 9.17) is 19.6 Å². The van der Waals surface area contributed by atoms with E-state index < -0.39 is 5.97 Å². The van der Waals surface area contributed by atoms with Gasteiger partial charge in [-0.1, -0.05) is 60.7 Å². The number of aromatic nitrogens is 2. The first-order valence-electron chi connectivity index (χ1n) is 10.9. The molecule has 0 saturated carbocycles. The van der Waals surface area contributed by atoms with E-state index in [0.29, 0.717) is 5.75 Å². The average molecular weight is 450 g/mol. The van der Waals surface area contributed by atoms with Crippen molar-refractivity contribution in [3.63, 3.8) is 0 Å². The number of rotatable bonds is 6. The van der Waals surface area contributed by atoms with Crippen molar-refractivity contribution in [2.75, 3.05) is 6.79 Å². The zero-order valence-corrected chi connectivity index (χ0v) is 18.5. The summed E-state index contributed by atoms with van der Waals surface area (Å²) in [7, 11) is 0. The molecular formula is C28H22N2O4. The molecule has 0 unspecified atom stereocenters. The minimum atomic E-state index is -0.978. The monoisotopic (exact) mass is 450 g/mol. The maximum Gasteiger partial charge on any atom is 0.328 e. The second kappa shape index (κ2) is 9.11. The molecule has 0 atom stereocenters. The molecule has 168 valence electrons. The molecule has 0 aliphatic carbocycles. The van der Waals surface area contributed by atoms with Gasteiger partial charge >= 0.3 is 5.97 Å². The molecule has 1 aliphatic heterocycles. The molecule has 0 fully saturated rings. The van der Waals surface area contributed by atoms with Gasteiger partial charge in [0.1, 0.15) is 5.82 Å². The van der Waals surface area contributed by atoms with Crippen molar-refractivity contribution in [1.82, 2.24) is 9.97 Å². The molecule has 0 amide bonds. The fraction of sp³-hybridized carbons (Fsp3) is 0.0714. The number of carboxylic acids is 1. The number of benzene rings is 3. The van der Waals surface area contributed by atoms with Gasteiger partial charge in [-0.15, -0.1) is 0 Å². The highest BCUT2D eigenvalue weighted by atomic mass is 16.7. The molecule has 0 saturated heterocycles. The Morgan fingerprint density at radius 2 is 1.53 bits per heavy atom. The van der Waals surface area contributed by atoms with Gasteiger partial charge in [0.15, 0.2) is 11.5 Å². The predicted octanol–water partition coefficient (Wildman–Crippen LogP) is 6.27. The van der Waals surface area contributed by atoms with Gasteiger partial charge in [-0.2, -0.15) is 0 Å². The third-order valence-electron chi connectivity index (χ3n) is 5.51. The molecule has 6 heteroatoms. The van der Waals surface area contributed by atoms with Gasteiger partial charge < -0.3 is 19.6 Å². The van der Waals surface area contributed by atoms with Crippen LogP contribution in [0.15, 0.2) is 78.9 Å². The van der Waals surface area contributed by atoms with Crippen LogP contribution in [0.25, 0.3) is 46.1 Å². The summed E-state index contributed by atoms with van der Waals surface area (Å²) in [5, 5.41) is 8.87. The lowest BCUT2D eigenvalue weighted by Crippen LogP contribution is -1.92. The second-order valence-corrected chi connectivity index (χ2v) is 7.79. The molecule has 0 bridgehead atoms. The molecule has 5 rings (SSSR count). The van der Waals surface area contributed by atoms with Crippen molar-refractivity contribution in [2.45, 2.75) is 6.92 Å². The Balaban J connectivity index is 1.58. The maximum atomic E-state index is 10.8. The SMILES string of the molecule is C/C=C/c1ccc(-c2[nH]c(-c3ccc4c(c3)OCO4)nc2-c2ccc(/C=C/C(=O)O)cc2)cc1. The minimum Gasteiger partial charge on any atom is -0.478 e.